The fraction of sp³-hybridized carbons (Fsp3) is 0.364. The van der Waals surface area contributed by atoms with Gasteiger partial charge in [-0.05, 0) is 12.1 Å². The van der Waals surface area contributed by atoms with Crippen molar-refractivity contribution in [2.75, 3.05) is 26.8 Å². The Morgan fingerprint density at radius 3 is 2.81 bits per heavy atom. The second-order valence-electron chi connectivity index (χ2n) is 3.22. The molecule has 0 amide bonds. The van der Waals surface area contributed by atoms with Crippen LogP contribution in [-0.2, 0) is 4.74 Å². The molecule has 1 aromatic rings. The van der Waals surface area contributed by atoms with E-state index in [1.165, 1.54) is 0 Å². The van der Waals surface area contributed by atoms with Gasteiger partial charge in [-0.15, -0.1) is 0 Å². The normalized spacial score (nSPS) is 10.4. The first-order valence-corrected chi connectivity index (χ1v) is 4.83. The molecular formula is C11H13F2NO2. The van der Waals surface area contributed by atoms with Crippen LogP contribution in [0.25, 0.3) is 0 Å². The van der Waals surface area contributed by atoms with E-state index in [1.807, 2.05) is 0 Å². The molecule has 0 saturated carbocycles. The minimum atomic E-state index is -0.835. The van der Waals surface area contributed by atoms with Crippen molar-refractivity contribution in [3.63, 3.8) is 0 Å². The van der Waals surface area contributed by atoms with Gasteiger partial charge in [0.1, 0.15) is 11.6 Å². The van der Waals surface area contributed by atoms with Gasteiger partial charge in [0.15, 0.2) is 5.78 Å². The van der Waals surface area contributed by atoms with Gasteiger partial charge >= 0.3 is 0 Å². The topological polar surface area (TPSA) is 38.3 Å². The van der Waals surface area contributed by atoms with E-state index in [9.17, 15) is 13.6 Å². The third-order valence-electron chi connectivity index (χ3n) is 2.00. The number of halogens is 2. The van der Waals surface area contributed by atoms with Gasteiger partial charge in [0.2, 0.25) is 0 Å². The first kappa shape index (κ1) is 12.7. The summed E-state index contributed by atoms with van der Waals surface area (Å²) in [5.74, 6) is -1.94. The van der Waals surface area contributed by atoms with E-state index in [0.717, 1.165) is 12.1 Å². The van der Waals surface area contributed by atoms with Gasteiger partial charge in [-0.2, -0.15) is 0 Å². The predicted molar refractivity (Wildman–Crippen MR) is 55.4 cm³/mol. The molecule has 0 aliphatic heterocycles. The molecule has 0 spiro atoms. The first-order valence-electron chi connectivity index (χ1n) is 4.83. The van der Waals surface area contributed by atoms with E-state index >= 15 is 0 Å². The number of hydrogen-bond acceptors (Lipinski definition) is 3. The van der Waals surface area contributed by atoms with Gasteiger partial charge in [-0.1, -0.05) is 0 Å². The summed E-state index contributed by atoms with van der Waals surface area (Å²) in [5.41, 5.74) is -0.105. The number of ether oxygens (including phenoxy) is 1. The average Bonchev–Trinajstić information content (AvgIpc) is 2.24. The van der Waals surface area contributed by atoms with Gasteiger partial charge in [-0.25, -0.2) is 8.78 Å². The molecule has 0 radical (unpaired) electrons. The Hall–Kier alpha value is -1.33. The number of rotatable bonds is 6. The number of methoxy groups -OCH3 is 1. The third kappa shape index (κ3) is 3.67. The Morgan fingerprint density at radius 1 is 1.44 bits per heavy atom. The maximum Gasteiger partial charge on any atom is 0.179 e. The lowest BCUT2D eigenvalue weighted by atomic mass is 10.1. The molecule has 0 fully saturated rings. The van der Waals surface area contributed by atoms with Gasteiger partial charge in [0, 0.05) is 19.7 Å². The van der Waals surface area contributed by atoms with E-state index in [1.54, 1.807) is 7.11 Å². The molecule has 0 bridgehead atoms. The highest BCUT2D eigenvalue weighted by molar-refractivity contribution is 5.97. The molecule has 16 heavy (non-hydrogen) atoms. The highest BCUT2D eigenvalue weighted by atomic mass is 19.1. The van der Waals surface area contributed by atoms with Crippen molar-refractivity contribution in [1.29, 1.82) is 0 Å². The van der Waals surface area contributed by atoms with Crippen LogP contribution < -0.4 is 5.32 Å². The zero-order valence-corrected chi connectivity index (χ0v) is 8.93. The van der Waals surface area contributed by atoms with Crippen LogP contribution in [0, 0.1) is 11.6 Å². The summed E-state index contributed by atoms with van der Waals surface area (Å²) in [7, 11) is 1.54. The second kappa shape index (κ2) is 6.30. The molecule has 3 nitrogen and oxygen atoms in total. The minimum Gasteiger partial charge on any atom is -0.383 e. The first-order chi connectivity index (χ1) is 7.65. The van der Waals surface area contributed by atoms with Crippen LogP contribution in [0.2, 0.25) is 0 Å². The van der Waals surface area contributed by atoms with E-state index in [4.69, 9.17) is 4.74 Å². The van der Waals surface area contributed by atoms with E-state index in [2.05, 4.69) is 5.32 Å². The van der Waals surface area contributed by atoms with Crippen LogP contribution in [0.1, 0.15) is 10.4 Å². The van der Waals surface area contributed by atoms with Gasteiger partial charge in [0.05, 0.1) is 18.7 Å². The van der Waals surface area contributed by atoms with E-state index < -0.39 is 17.4 Å². The molecule has 0 aliphatic rings. The highest BCUT2D eigenvalue weighted by Gasteiger charge is 2.11. The zero-order chi connectivity index (χ0) is 12.0. The molecule has 0 saturated heterocycles. The Labute approximate surface area is 92.4 Å². The number of carbonyl (C=O) groups is 1. The van der Waals surface area contributed by atoms with Crippen molar-refractivity contribution in [1.82, 2.24) is 5.32 Å². The molecule has 1 rings (SSSR count). The third-order valence-corrected chi connectivity index (χ3v) is 2.00. The maximum atomic E-state index is 13.2. The molecule has 5 heteroatoms. The highest BCUT2D eigenvalue weighted by Crippen LogP contribution is 2.09. The lowest BCUT2D eigenvalue weighted by molar-refractivity contribution is 0.0983. The summed E-state index contributed by atoms with van der Waals surface area (Å²) in [4.78, 5) is 11.5. The Balaban J connectivity index is 2.53. The molecule has 0 aromatic heterocycles. The molecule has 1 aromatic carbocycles. The quantitative estimate of drug-likeness (QED) is 0.591. The SMILES string of the molecule is COCCNCC(=O)c1ccc(F)cc1F. The fourth-order valence-corrected chi connectivity index (χ4v) is 1.19. The summed E-state index contributed by atoms with van der Waals surface area (Å²) in [6, 6.07) is 2.90. The van der Waals surface area contributed by atoms with Crippen molar-refractivity contribution in [2.45, 2.75) is 0 Å². The van der Waals surface area contributed by atoms with Crippen LogP contribution in [0.3, 0.4) is 0 Å². The Morgan fingerprint density at radius 2 is 2.19 bits per heavy atom. The lowest BCUT2D eigenvalue weighted by Gasteiger charge is -2.04. The largest absolute Gasteiger partial charge is 0.383 e. The molecule has 0 unspecified atom stereocenters. The molecule has 0 aliphatic carbocycles. The number of carbonyl (C=O) groups excluding carboxylic acids is 1. The van der Waals surface area contributed by atoms with Crippen molar-refractivity contribution in [3.8, 4) is 0 Å². The van der Waals surface area contributed by atoms with Crippen molar-refractivity contribution in [2.24, 2.45) is 0 Å². The molecular weight excluding hydrogens is 216 g/mol. The molecule has 88 valence electrons. The monoisotopic (exact) mass is 229 g/mol. The average molecular weight is 229 g/mol. The summed E-state index contributed by atoms with van der Waals surface area (Å²) >= 11 is 0. The van der Waals surface area contributed by atoms with Crippen LogP contribution in [0.4, 0.5) is 8.78 Å². The van der Waals surface area contributed by atoms with Crippen molar-refractivity contribution >= 4 is 5.78 Å². The summed E-state index contributed by atoms with van der Waals surface area (Å²) in [5, 5.41) is 2.79. The number of hydrogen-bond donors (Lipinski definition) is 1. The zero-order valence-electron chi connectivity index (χ0n) is 8.93. The summed E-state index contributed by atoms with van der Waals surface area (Å²) < 4.78 is 30.5. The number of Topliss-reactive ketones (excluding diaryl/α,β-unsaturated/α-hetero) is 1. The smallest absolute Gasteiger partial charge is 0.179 e. The fourth-order valence-electron chi connectivity index (χ4n) is 1.19. The Bertz CT molecular complexity index is 369. The maximum absolute atomic E-state index is 13.2. The van der Waals surface area contributed by atoms with Crippen LogP contribution in [0.15, 0.2) is 18.2 Å². The van der Waals surface area contributed by atoms with Crippen LogP contribution >= 0.6 is 0 Å². The van der Waals surface area contributed by atoms with Crippen molar-refractivity contribution in [3.05, 3.63) is 35.4 Å². The predicted octanol–water partition coefficient (Wildman–Crippen LogP) is 1.38. The standard InChI is InChI=1S/C11H13F2NO2/c1-16-5-4-14-7-11(15)9-3-2-8(12)6-10(9)13/h2-3,6,14H,4-5,7H2,1H3. The van der Waals surface area contributed by atoms with Crippen molar-refractivity contribution < 1.29 is 18.3 Å². The number of nitrogens with one attached hydrogen (secondary N) is 1. The van der Waals surface area contributed by atoms with Crippen LogP contribution in [0.5, 0.6) is 0 Å². The van der Waals surface area contributed by atoms with E-state index in [-0.39, 0.29) is 12.1 Å². The number of ketones is 1. The summed E-state index contributed by atoms with van der Waals surface area (Å²) in [6.45, 7) is 0.982. The summed E-state index contributed by atoms with van der Waals surface area (Å²) in [6.07, 6.45) is 0. The van der Waals surface area contributed by atoms with Gasteiger partial charge in [-0.3, -0.25) is 4.79 Å². The van der Waals surface area contributed by atoms with Gasteiger partial charge in [0.25, 0.3) is 0 Å². The molecule has 0 heterocycles. The lowest BCUT2D eigenvalue weighted by Crippen LogP contribution is -2.26. The second-order valence-corrected chi connectivity index (χ2v) is 3.22. The van der Waals surface area contributed by atoms with Crippen LogP contribution in [-0.4, -0.2) is 32.6 Å². The Kier molecular flexibility index (Phi) is 5.01. The molecule has 1 N–H and O–H groups in total. The minimum absolute atomic E-state index is 0.00587. The molecule has 0 atom stereocenters. The number of benzene rings is 1. The van der Waals surface area contributed by atoms with E-state index in [0.29, 0.717) is 19.2 Å². The van der Waals surface area contributed by atoms with Gasteiger partial charge < -0.3 is 10.1 Å².